The predicted octanol–water partition coefficient (Wildman–Crippen LogP) is 3.78. The van der Waals surface area contributed by atoms with Crippen molar-refractivity contribution in [3.05, 3.63) is 36.4 Å². The van der Waals surface area contributed by atoms with Crippen LogP contribution in [0.3, 0.4) is 0 Å². The van der Waals surface area contributed by atoms with E-state index in [1.54, 1.807) is 0 Å². The molecule has 0 spiro atoms. The van der Waals surface area contributed by atoms with E-state index >= 15 is 0 Å². The summed E-state index contributed by atoms with van der Waals surface area (Å²) in [6, 6.07) is 8.48. The van der Waals surface area contributed by atoms with Gasteiger partial charge < -0.3 is 9.09 Å². The molecule has 0 bridgehead atoms. The minimum absolute atomic E-state index is 0.0306. The van der Waals surface area contributed by atoms with Gasteiger partial charge in [0.1, 0.15) is 0 Å². The molecule has 7 nitrogen and oxygen atoms in total. The normalized spacial score (nSPS) is 16.7. The molecule has 1 aromatic carbocycles. The van der Waals surface area contributed by atoms with Crippen LogP contribution in [-0.2, 0) is 6.54 Å². The zero-order valence-electron chi connectivity index (χ0n) is 17.2. The van der Waals surface area contributed by atoms with E-state index < -0.39 is 0 Å². The maximum absolute atomic E-state index is 5.80. The van der Waals surface area contributed by atoms with Gasteiger partial charge in [-0.3, -0.25) is 16.0 Å². The second-order valence-corrected chi connectivity index (χ2v) is 7.93. The molecule has 3 heterocycles. The summed E-state index contributed by atoms with van der Waals surface area (Å²) >= 11 is 0. The molecule has 0 radical (unpaired) electrons. The van der Waals surface area contributed by atoms with Crippen LogP contribution in [0.15, 0.2) is 35.0 Å². The number of benzene rings is 1. The van der Waals surface area contributed by atoms with Gasteiger partial charge in [-0.25, -0.2) is 0 Å². The number of aryl methyl sites for hydroxylation is 1. The highest BCUT2D eigenvalue weighted by Crippen LogP contribution is 2.30. The summed E-state index contributed by atoms with van der Waals surface area (Å²) in [5.41, 5.74) is 13.8. The number of rotatable bonds is 8. The Morgan fingerprint density at radius 3 is 2.90 bits per heavy atom. The van der Waals surface area contributed by atoms with Crippen molar-refractivity contribution in [3.8, 4) is 11.4 Å². The van der Waals surface area contributed by atoms with Crippen molar-refractivity contribution < 1.29 is 9.10 Å². The van der Waals surface area contributed by atoms with Crippen molar-refractivity contribution in [1.82, 2.24) is 14.7 Å². The fraction of sp³-hybridized carbons (Fsp3) is 0.500. The Bertz CT molecular complexity index is 998. The standard InChI is InChI=1S/C22H30N6O/c1-2-3-4-5-6-12-27-14-11-16-9-10-17(15-19(16)27)20-25-21(29-26-20)18-8-7-13-28(18)22(23)24/h9-11,14-15,18H,2-8,12-13H2,1H3,(H3,23,24)/p+1/t18-/m0/s1. The Kier molecular flexibility index (Phi) is 5.83. The molecule has 0 unspecified atom stereocenters. The van der Waals surface area contributed by atoms with Gasteiger partial charge in [-0.15, -0.1) is 0 Å². The van der Waals surface area contributed by atoms with Crippen molar-refractivity contribution in [2.45, 2.75) is 64.5 Å². The average Bonchev–Trinajstić information content (AvgIpc) is 3.46. The van der Waals surface area contributed by atoms with Crippen LogP contribution in [0.5, 0.6) is 0 Å². The van der Waals surface area contributed by atoms with Gasteiger partial charge >= 0.3 is 5.96 Å². The molecule has 1 fully saturated rings. The number of hydrogen-bond acceptors (Lipinski definition) is 3. The number of unbranched alkanes of at least 4 members (excludes halogenated alkanes) is 4. The second kappa shape index (κ2) is 8.68. The van der Waals surface area contributed by atoms with Crippen LogP contribution in [0, 0.1) is 0 Å². The fourth-order valence-corrected chi connectivity index (χ4v) is 4.22. The molecule has 1 aliphatic heterocycles. The largest absolute Gasteiger partial charge is 0.347 e. The lowest BCUT2D eigenvalue weighted by Crippen LogP contribution is -2.35. The first-order valence-electron chi connectivity index (χ1n) is 10.7. The van der Waals surface area contributed by atoms with E-state index in [-0.39, 0.29) is 6.04 Å². The van der Waals surface area contributed by atoms with Crippen LogP contribution < -0.4 is 11.5 Å². The molecule has 7 heteroatoms. The van der Waals surface area contributed by atoms with Gasteiger partial charge in [0.15, 0.2) is 6.04 Å². The number of aromatic nitrogens is 3. The first kappa shape index (κ1) is 19.5. The summed E-state index contributed by atoms with van der Waals surface area (Å²) in [6.07, 6.45) is 10.5. The molecule has 0 saturated carbocycles. The topological polar surface area (TPSA) is 98.9 Å². The smallest absolute Gasteiger partial charge is 0.341 e. The van der Waals surface area contributed by atoms with E-state index in [0.717, 1.165) is 31.5 Å². The minimum atomic E-state index is -0.0306. The van der Waals surface area contributed by atoms with Crippen molar-refractivity contribution in [1.29, 1.82) is 0 Å². The van der Waals surface area contributed by atoms with Gasteiger partial charge in [-0.1, -0.05) is 49.9 Å². The highest BCUT2D eigenvalue weighted by atomic mass is 16.5. The number of nitrogens with zero attached hydrogens (tertiary/aromatic N) is 4. The third-order valence-electron chi connectivity index (χ3n) is 5.85. The van der Waals surface area contributed by atoms with Crippen molar-refractivity contribution in [3.63, 3.8) is 0 Å². The van der Waals surface area contributed by atoms with Gasteiger partial charge in [0.2, 0.25) is 5.82 Å². The third-order valence-corrected chi connectivity index (χ3v) is 5.85. The van der Waals surface area contributed by atoms with Crippen LogP contribution in [0.2, 0.25) is 0 Å². The van der Waals surface area contributed by atoms with E-state index in [0.29, 0.717) is 17.7 Å². The molecule has 2 aromatic heterocycles. The number of hydrogen-bond donors (Lipinski definition) is 2. The molecule has 0 aliphatic carbocycles. The summed E-state index contributed by atoms with van der Waals surface area (Å²) < 4.78 is 9.84. The molecular formula is C22H31N6O+. The lowest BCUT2D eigenvalue weighted by molar-refractivity contribution is -0.555. The quantitative estimate of drug-likeness (QED) is 0.343. The molecule has 4 N–H and O–H groups in total. The summed E-state index contributed by atoms with van der Waals surface area (Å²) in [5, 5.41) is 5.46. The maximum Gasteiger partial charge on any atom is 0.341 e. The Hall–Kier alpha value is -2.83. The van der Waals surface area contributed by atoms with Crippen molar-refractivity contribution in [2.24, 2.45) is 11.5 Å². The Morgan fingerprint density at radius 2 is 2.07 bits per heavy atom. The highest BCUT2D eigenvalue weighted by Gasteiger charge is 2.31. The SMILES string of the molecule is CCCCCCCn1ccc2ccc(-c3noc([C@@H]4CCC[N+]4=C(N)N)n3)cc21. The number of guanidine groups is 1. The number of fused-ring (bicyclic) bond motifs is 1. The summed E-state index contributed by atoms with van der Waals surface area (Å²) in [5.74, 6) is 1.50. The van der Waals surface area contributed by atoms with Crippen LogP contribution >= 0.6 is 0 Å². The first-order valence-corrected chi connectivity index (χ1v) is 10.7. The van der Waals surface area contributed by atoms with Crippen LogP contribution in [-0.4, -0.2) is 31.8 Å². The van der Waals surface area contributed by atoms with Gasteiger partial charge in [0, 0.05) is 23.8 Å². The molecule has 0 amide bonds. The van der Waals surface area contributed by atoms with Gasteiger partial charge in [-0.2, -0.15) is 4.98 Å². The lowest BCUT2D eigenvalue weighted by Gasteiger charge is -2.07. The second-order valence-electron chi connectivity index (χ2n) is 7.93. The Morgan fingerprint density at radius 1 is 1.21 bits per heavy atom. The van der Waals surface area contributed by atoms with E-state index in [9.17, 15) is 0 Å². The summed E-state index contributed by atoms with van der Waals surface area (Å²) in [7, 11) is 0. The molecule has 1 saturated heterocycles. The fourth-order valence-electron chi connectivity index (χ4n) is 4.22. The molecule has 1 aliphatic rings. The van der Waals surface area contributed by atoms with Crippen molar-refractivity contribution in [2.75, 3.05) is 6.54 Å². The predicted molar refractivity (Wildman–Crippen MR) is 114 cm³/mol. The molecule has 4 rings (SSSR count). The van der Waals surface area contributed by atoms with Crippen LogP contribution in [0.1, 0.15) is 63.8 Å². The van der Waals surface area contributed by atoms with Crippen LogP contribution in [0.4, 0.5) is 0 Å². The molecule has 3 aromatic rings. The van der Waals surface area contributed by atoms with E-state index in [1.807, 2.05) is 4.58 Å². The van der Waals surface area contributed by atoms with Crippen LogP contribution in [0.25, 0.3) is 22.3 Å². The van der Waals surface area contributed by atoms with E-state index in [2.05, 4.69) is 52.1 Å². The average molecular weight is 396 g/mol. The summed E-state index contributed by atoms with van der Waals surface area (Å²) in [6.45, 7) is 4.11. The number of nitrogens with two attached hydrogens (primary N) is 2. The van der Waals surface area contributed by atoms with Crippen molar-refractivity contribution >= 4 is 16.9 Å². The van der Waals surface area contributed by atoms with E-state index in [1.165, 1.54) is 43.0 Å². The summed E-state index contributed by atoms with van der Waals surface area (Å²) in [4.78, 5) is 4.66. The third kappa shape index (κ3) is 4.13. The first-order chi connectivity index (χ1) is 14.2. The highest BCUT2D eigenvalue weighted by molar-refractivity contribution is 5.84. The molecule has 154 valence electrons. The monoisotopic (exact) mass is 395 g/mol. The van der Waals surface area contributed by atoms with Gasteiger partial charge in [-0.05, 0) is 36.8 Å². The van der Waals surface area contributed by atoms with Gasteiger partial charge in [0.05, 0.1) is 6.54 Å². The van der Waals surface area contributed by atoms with E-state index in [4.69, 9.17) is 16.0 Å². The molecule has 29 heavy (non-hydrogen) atoms. The minimum Gasteiger partial charge on any atom is -0.347 e. The maximum atomic E-state index is 5.80. The van der Waals surface area contributed by atoms with Gasteiger partial charge in [0.25, 0.3) is 5.89 Å². The lowest BCUT2D eigenvalue weighted by atomic mass is 10.1. The zero-order valence-corrected chi connectivity index (χ0v) is 17.2. The molecular weight excluding hydrogens is 364 g/mol. The molecule has 1 atom stereocenters. The zero-order chi connectivity index (χ0) is 20.2. The Balaban J connectivity index is 1.53. The Labute approximate surface area is 171 Å².